The van der Waals surface area contributed by atoms with E-state index in [0.717, 1.165) is 11.1 Å². The summed E-state index contributed by atoms with van der Waals surface area (Å²) in [6.45, 7) is 0.136. The van der Waals surface area contributed by atoms with Crippen molar-refractivity contribution >= 4 is 11.6 Å². The molecule has 0 aliphatic heterocycles. The van der Waals surface area contributed by atoms with Crippen molar-refractivity contribution in [2.75, 3.05) is 6.54 Å². The van der Waals surface area contributed by atoms with E-state index in [-0.39, 0.29) is 6.54 Å². The minimum Gasteiger partial charge on any atom is -0.481 e. The van der Waals surface area contributed by atoms with Gasteiger partial charge in [0.25, 0.3) is 0 Å². The number of aliphatic hydroxyl groups is 1. The highest BCUT2D eigenvalue weighted by Crippen LogP contribution is 2.42. The fourth-order valence-electron chi connectivity index (χ4n) is 2.68. The first kappa shape index (κ1) is 13.4. The Morgan fingerprint density at radius 3 is 2.65 bits per heavy atom. The van der Waals surface area contributed by atoms with Gasteiger partial charge in [0.05, 0.1) is 5.02 Å². The molecule has 0 heterocycles. The van der Waals surface area contributed by atoms with Crippen molar-refractivity contribution in [3.8, 4) is 5.75 Å². The molecule has 3 rings (SSSR count). The summed E-state index contributed by atoms with van der Waals surface area (Å²) in [6, 6.07) is 15.1. The minimum atomic E-state index is -1.09. The van der Waals surface area contributed by atoms with Crippen LogP contribution in [-0.2, 0) is 6.42 Å². The summed E-state index contributed by atoms with van der Waals surface area (Å²) in [7, 11) is 0. The third-order valence-electron chi connectivity index (χ3n) is 3.76. The van der Waals surface area contributed by atoms with Gasteiger partial charge in [0.2, 0.25) is 0 Å². The molecule has 0 saturated carbocycles. The van der Waals surface area contributed by atoms with Crippen molar-refractivity contribution in [2.24, 2.45) is 5.73 Å². The normalized spacial score (nSPS) is 24.4. The Morgan fingerprint density at radius 2 is 1.90 bits per heavy atom. The molecule has 1 aliphatic rings. The Hall–Kier alpha value is -1.55. The van der Waals surface area contributed by atoms with Crippen molar-refractivity contribution < 1.29 is 9.84 Å². The van der Waals surface area contributed by atoms with Gasteiger partial charge in [-0.1, -0.05) is 48.0 Å². The van der Waals surface area contributed by atoms with E-state index in [1.807, 2.05) is 36.4 Å². The van der Waals surface area contributed by atoms with E-state index in [9.17, 15) is 5.11 Å². The number of benzene rings is 2. The summed E-state index contributed by atoms with van der Waals surface area (Å²) >= 11 is 6.13. The smallest absolute Gasteiger partial charge is 0.154 e. The molecule has 0 radical (unpaired) electrons. The fourth-order valence-corrected chi connectivity index (χ4v) is 2.86. The van der Waals surface area contributed by atoms with E-state index in [2.05, 4.69) is 0 Å². The van der Waals surface area contributed by atoms with Crippen LogP contribution in [0.3, 0.4) is 0 Å². The first-order valence-electron chi connectivity index (χ1n) is 6.55. The summed E-state index contributed by atoms with van der Waals surface area (Å²) in [5.41, 5.74) is 6.71. The number of rotatable bonds is 3. The largest absolute Gasteiger partial charge is 0.481 e. The number of para-hydroxylation sites is 1. The Bertz CT molecular complexity index is 631. The lowest BCUT2D eigenvalue weighted by molar-refractivity contribution is -0.0437. The maximum Gasteiger partial charge on any atom is 0.154 e. The number of halogens is 1. The Morgan fingerprint density at radius 1 is 1.20 bits per heavy atom. The van der Waals surface area contributed by atoms with Gasteiger partial charge < -0.3 is 15.6 Å². The molecule has 2 aromatic rings. The molecule has 4 heteroatoms. The average Bonchev–Trinajstić information content (AvgIpc) is 2.75. The molecular formula is C16H16ClNO2. The van der Waals surface area contributed by atoms with Crippen molar-refractivity contribution in [3.63, 3.8) is 0 Å². The van der Waals surface area contributed by atoms with Gasteiger partial charge in [0.15, 0.2) is 6.10 Å². The van der Waals surface area contributed by atoms with E-state index in [4.69, 9.17) is 22.1 Å². The third-order valence-corrected chi connectivity index (χ3v) is 4.07. The van der Waals surface area contributed by atoms with Gasteiger partial charge in [-0.15, -0.1) is 0 Å². The molecule has 0 unspecified atom stereocenters. The van der Waals surface area contributed by atoms with Crippen molar-refractivity contribution in [3.05, 3.63) is 64.7 Å². The van der Waals surface area contributed by atoms with E-state index in [0.29, 0.717) is 17.2 Å². The van der Waals surface area contributed by atoms with Crippen LogP contribution in [0, 0.1) is 0 Å². The molecular weight excluding hydrogens is 274 g/mol. The second-order valence-corrected chi connectivity index (χ2v) is 5.52. The molecule has 2 atom stereocenters. The Labute approximate surface area is 122 Å². The van der Waals surface area contributed by atoms with Crippen molar-refractivity contribution in [1.82, 2.24) is 0 Å². The molecule has 1 aliphatic carbocycles. The summed E-state index contributed by atoms with van der Waals surface area (Å²) in [5.74, 6) is 0.558. The second-order valence-electron chi connectivity index (χ2n) is 5.11. The van der Waals surface area contributed by atoms with Crippen molar-refractivity contribution in [1.29, 1.82) is 0 Å². The standard InChI is InChI=1S/C16H16ClNO2/c17-13-7-3-4-8-14(13)20-15-12-6-2-1-5-11(12)9-16(15,19)10-18/h1-8,15,19H,9-10,18H2/t15-,16+/m1/s1. The quantitative estimate of drug-likeness (QED) is 0.913. The molecule has 0 bridgehead atoms. The predicted molar refractivity (Wildman–Crippen MR) is 79.0 cm³/mol. The van der Waals surface area contributed by atoms with Crippen LogP contribution in [0.4, 0.5) is 0 Å². The van der Waals surface area contributed by atoms with E-state index >= 15 is 0 Å². The molecule has 3 N–H and O–H groups in total. The van der Waals surface area contributed by atoms with Crippen LogP contribution in [0.5, 0.6) is 5.75 Å². The summed E-state index contributed by atoms with van der Waals surface area (Å²) in [6.07, 6.45) is -0.00183. The zero-order chi connectivity index (χ0) is 14.2. The highest BCUT2D eigenvalue weighted by Gasteiger charge is 2.45. The second kappa shape index (κ2) is 5.09. The Kier molecular flexibility index (Phi) is 3.42. The van der Waals surface area contributed by atoms with E-state index < -0.39 is 11.7 Å². The lowest BCUT2D eigenvalue weighted by atomic mass is 9.97. The first-order valence-corrected chi connectivity index (χ1v) is 6.93. The number of fused-ring (bicyclic) bond motifs is 1. The van der Waals surface area contributed by atoms with Crippen LogP contribution in [0.1, 0.15) is 17.2 Å². The van der Waals surface area contributed by atoms with Crippen LogP contribution in [0.15, 0.2) is 48.5 Å². The van der Waals surface area contributed by atoms with E-state index in [1.54, 1.807) is 12.1 Å². The monoisotopic (exact) mass is 289 g/mol. The topological polar surface area (TPSA) is 55.5 Å². The van der Waals surface area contributed by atoms with Gasteiger partial charge in [-0.2, -0.15) is 0 Å². The molecule has 2 aromatic carbocycles. The van der Waals surface area contributed by atoms with Gasteiger partial charge in [-0.05, 0) is 23.3 Å². The van der Waals surface area contributed by atoms with Crippen LogP contribution in [-0.4, -0.2) is 17.3 Å². The highest BCUT2D eigenvalue weighted by atomic mass is 35.5. The van der Waals surface area contributed by atoms with Gasteiger partial charge in [0.1, 0.15) is 11.4 Å². The zero-order valence-electron chi connectivity index (χ0n) is 10.9. The van der Waals surface area contributed by atoms with Gasteiger partial charge >= 0.3 is 0 Å². The Balaban J connectivity index is 2.00. The van der Waals surface area contributed by atoms with Crippen molar-refractivity contribution in [2.45, 2.75) is 18.1 Å². The number of nitrogens with two attached hydrogens (primary N) is 1. The van der Waals surface area contributed by atoms with Gasteiger partial charge in [-0.25, -0.2) is 0 Å². The van der Waals surface area contributed by atoms with Crippen LogP contribution in [0.2, 0.25) is 5.02 Å². The maximum absolute atomic E-state index is 10.7. The maximum atomic E-state index is 10.7. The molecule has 0 saturated heterocycles. The summed E-state index contributed by atoms with van der Waals surface area (Å²) < 4.78 is 5.98. The molecule has 0 fully saturated rings. The molecule has 0 aromatic heterocycles. The highest BCUT2D eigenvalue weighted by molar-refractivity contribution is 6.32. The number of ether oxygens (including phenoxy) is 1. The summed E-state index contributed by atoms with van der Waals surface area (Å²) in [4.78, 5) is 0. The number of hydrogen-bond donors (Lipinski definition) is 2. The fraction of sp³-hybridized carbons (Fsp3) is 0.250. The first-order chi connectivity index (χ1) is 9.64. The predicted octanol–water partition coefficient (Wildman–Crippen LogP) is 2.71. The van der Waals surface area contributed by atoms with Gasteiger partial charge in [0, 0.05) is 13.0 Å². The van der Waals surface area contributed by atoms with Crippen LogP contribution >= 0.6 is 11.6 Å². The number of hydrogen-bond acceptors (Lipinski definition) is 3. The molecule has 20 heavy (non-hydrogen) atoms. The third kappa shape index (κ3) is 2.18. The van der Waals surface area contributed by atoms with E-state index in [1.165, 1.54) is 0 Å². The van der Waals surface area contributed by atoms with Gasteiger partial charge in [-0.3, -0.25) is 0 Å². The van der Waals surface area contributed by atoms with Crippen LogP contribution in [0.25, 0.3) is 0 Å². The lowest BCUT2D eigenvalue weighted by Gasteiger charge is -2.29. The summed E-state index contributed by atoms with van der Waals surface area (Å²) in [5, 5.41) is 11.3. The molecule has 104 valence electrons. The lowest BCUT2D eigenvalue weighted by Crippen LogP contribution is -2.44. The SMILES string of the molecule is NC[C@@]1(O)Cc2ccccc2[C@H]1Oc1ccccc1Cl. The van der Waals surface area contributed by atoms with Crippen LogP contribution < -0.4 is 10.5 Å². The average molecular weight is 290 g/mol. The molecule has 0 amide bonds. The molecule has 0 spiro atoms. The molecule has 3 nitrogen and oxygen atoms in total. The zero-order valence-corrected chi connectivity index (χ0v) is 11.7. The minimum absolute atomic E-state index is 0.136.